The van der Waals surface area contributed by atoms with Gasteiger partial charge in [-0.3, -0.25) is 20.2 Å². The minimum absolute atomic E-state index is 0.0271. The first-order valence-corrected chi connectivity index (χ1v) is 12.7. The van der Waals surface area contributed by atoms with Crippen molar-refractivity contribution in [3.05, 3.63) is 80.5 Å². The number of benzene rings is 2. The molecular formula is C21H17ClN4O7S2. The van der Waals surface area contributed by atoms with E-state index in [0.717, 1.165) is 23.4 Å². The highest BCUT2D eigenvalue weighted by Gasteiger charge is 2.30. The molecule has 1 aliphatic heterocycles. The number of nitro groups is 1. The summed E-state index contributed by atoms with van der Waals surface area (Å²) in [6.45, 7) is -0.266. The smallest absolute Gasteiger partial charge is 0.345 e. The monoisotopic (exact) mass is 536 g/mol. The Kier molecular flexibility index (Phi) is 7.12. The number of anilines is 1. The number of hydrogen-bond donors (Lipinski definition) is 1. The number of rotatable bonds is 7. The maximum absolute atomic E-state index is 13.3. The number of amides is 1. The summed E-state index contributed by atoms with van der Waals surface area (Å²) in [7, 11) is -4.02. The third-order valence-electron chi connectivity index (χ3n) is 5.13. The molecule has 0 bridgehead atoms. The van der Waals surface area contributed by atoms with E-state index in [4.69, 9.17) is 16.3 Å². The van der Waals surface area contributed by atoms with Gasteiger partial charge < -0.3 is 4.74 Å². The normalized spacial score (nSPS) is 13.6. The lowest BCUT2D eigenvalue weighted by Crippen LogP contribution is -2.36. The molecule has 4 rings (SSSR count). The number of esters is 1. The first kappa shape index (κ1) is 24.7. The Morgan fingerprint density at radius 1 is 1.23 bits per heavy atom. The van der Waals surface area contributed by atoms with Gasteiger partial charge in [-0.15, -0.1) is 0 Å². The summed E-state index contributed by atoms with van der Waals surface area (Å²) in [6.07, 6.45) is 1.54. The van der Waals surface area contributed by atoms with E-state index in [9.17, 15) is 28.1 Å². The molecule has 1 amide bonds. The molecule has 0 saturated carbocycles. The van der Waals surface area contributed by atoms with E-state index < -0.39 is 33.4 Å². The first-order valence-electron chi connectivity index (χ1n) is 10.1. The second kappa shape index (κ2) is 10.1. The van der Waals surface area contributed by atoms with E-state index >= 15 is 0 Å². The van der Waals surface area contributed by atoms with Crippen molar-refractivity contribution in [3.8, 4) is 0 Å². The second-order valence-corrected chi connectivity index (χ2v) is 10.7. The van der Waals surface area contributed by atoms with Gasteiger partial charge in [0.05, 0.1) is 15.5 Å². The number of nitrogens with zero attached hydrogens (tertiary/aromatic N) is 3. The summed E-state index contributed by atoms with van der Waals surface area (Å²) < 4.78 is 32.8. The highest BCUT2D eigenvalue weighted by atomic mass is 35.5. The van der Waals surface area contributed by atoms with E-state index in [-0.39, 0.29) is 38.7 Å². The fraction of sp³-hybridized carbons (Fsp3) is 0.190. The minimum Gasteiger partial charge on any atom is -0.452 e. The molecule has 0 aliphatic carbocycles. The number of carbonyl (C=O) groups excluding carboxylic acids is 2. The molecule has 11 nitrogen and oxygen atoms in total. The van der Waals surface area contributed by atoms with Crippen LogP contribution in [0.4, 0.5) is 10.1 Å². The van der Waals surface area contributed by atoms with E-state index in [1.165, 1.54) is 16.4 Å². The molecule has 0 atom stereocenters. The Bertz CT molecular complexity index is 1420. The summed E-state index contributed by atoms with van der Waals surface area (Å²) in [6, 6.07) is 11.2. The van der Waals surface area contributed by atoms with Crippen LogP contribution in [0.3, 0.4) is 0 Å². The molecular weight excluding hydrogens is 520 g/mol. The van der Waals surface area contributed by atoms with Crippen LogP contribution >= 0.6 is 22.9 Å². The summed E-state index contributed by atoms with van der Waals surface area (Å²) in [5, 5.41) is 12.6. The number of fused-ring (bicyclic) bond motifs is 1. The zero-order valence-electron chi connectivity index (χ0n) is 17.8. The van der Waals surface area contributed by atoms with Crippen LogP contribution in [0.25, 0.3) is 0 Å². The third kappa shape index (κ3) is 5.48. The topological polar surface area (TPSA) is 149 Å². The summed E-state index contributed by atoms with van der Waals surface area (Å²) in [5.41, 5.74) is 1.86. The van der Waals surface area contributed by atoms with Gasteiger partial charge in [-0.2, -0.15) is 4.31 Å². The molecule has 2 heterocycles. The standard InChI is InChI=1S/C21H17ClN4O7S2/c22-16-6-5-14(20(28)33-12-18(27)24-21-23-10-19(34-21)26(29)30)9-17(16)35(31,32)25-8-7-13-3-1-2-4-15(13)11-25/h1-6,9-10H,7-8,11-12H2,(H,23,24,27). The van der Waals surface area contributed by atoms with Crippen molar-refractivity contribution >= 4 is 55.0 Å². The van der Waals surface area contributed by atoms with Crippen molar-refractivity contribution in [1.29, 1.82) is 0 Å². The number of aromatic nitrogens is 1. The highest BCUT2D eigenvalue weighted by Crippen LogP contribution is 2.30. The maximum atomic E-state index is 13.3. The molecule has 0 saturated heterocycles. The average molecular weight is 537 g/mol. The Hall–Kier alpha value is -3.39. The van der Waals surface area contributed by atoms with Crippen molar-refractivity contribution < 1.29 is 27.7 Å². The van der Waals surface area contributed by atoms with Gasteiger partial charge in [-0.05, 0) is 47.1 Å². The van der Waals surface area contributed by atoms with Gasteiger partial charge in [0.2, 0.25) is 10.0 Å². The lowest BCUT2D eigenvalue weighted by atomic mass is 10.0. The molecule has 3 aromatic rings. The van der Waals surface area contributed by atoms with E-state index in [0.29, 0.717) is 17.8 Å². The van der Waals surface area contributed by atoms with Gasteiger partial charge in [0, 0.05) is 13.1 Å². The van der Waals surface area contributed by atoms with Crippen LogP contribution in [0.15, 0.2) is 53.6 Å². The zero-order chi connectivity index (χ0) is 25.2. The molecule has 1 aliphatic rings. The van der Waals surface area contributed by atoms with Crippen molar-refractivity contribution in [1.82, 2.24) is 9.29 Å². The molecule has 1 N–H and O–H groups in total. The van der Waals surface area contributed by atoms with Crippen molar-refractivity contribution in [2.75, 3.05) is 18.5 Å². The molecule has 182 valence electrons. The van der Waals surface area contributed by atoms with Crippen molar-refractivity contribution in [2.45, 2.75) is 17.9 Å². The molecule has 2 aromatic carbocycles. The number of carbonyl (C=O) groups is 2. The van der Waals surface area contributed by atoms with E-state index in [1.807, 2.05) is 24.3 Å². The van der Waals surface area contributed by atoms with Crippen LogP contribution in [-0.4, -0.2) is 47.7 Å². The Morgan fingerprint density at radius 2 is 1.97 bits per heavy atom. The molecule has 1 aromatic heterocycles. The number of nitrogens with one attached hydrogen (secondary N) is 1. The number of sulfonamides is 1. The Balaban J connectivity index is 1.44. The van der Waals surface area contributed by atoms with Gasteiger partial charge in [-0.1, -0.05) is 35.9 Å². The van der Waals surface area contributed by atoms with Crippen LogP contribution in [0.5, 0.6) is 0 Å². The van der Waals surface area contributed by atoms with Crippen LogP contribution in [-0.2, 0) is 32.5 Å². The van der Waals surface area contributed by atoms with Gasteiger partial charge in [-0.25, -0.2) is 18.2 Å². The van der Waals surface area contributed by atoms with Crippen molar-refractivity contribution in [2.24, 2.45) is 0 Å². The molecule has 0 fully saturated rings. The zero-order valence-corrected chi connectivity index (χ0v) is 20.2. The number of ether oxygens (including phenoxy) is 1. The highest BCUT2D eigenvalue weighted by molar-refractivity contribution is 7.89. The lowest BCUT2D eigenvalue weighted by molar-refractivity contribution is -0.380. The molecule has 14 heteroatoms. The van der Waals surface area contributed by atoms with Crippen molar-refractivity contribution in [3.63, 3.8) is 0 Å². The lowest BCUT2D eigenvalue weighted by Gasteiger charge is -2.28. The SMILES string of the molecule is O=C(COC(=O)c1ccc(Cl)c(S(=O)(=O)N2CCc3ccccc3C2)c1)Nc1ncc([N+](=O)[O-])s1. The largest absolute Gasteiger partial charge is 0.452 e. The molecule has 0 unspecified atom stereocenters. The predicted octanol–water partition coefficient (Wildman–Crippen LogP) is 3.25. The fourth-order valence-electron chi connectivity index (χ4n) is 3.42. The number of hydrogen-bond acceptors (Lipinski definition) is 9. The molecule has 0 radical (unpaired) electrons. The van der Waals surface area contributed by atoms with E-state index in [2.05, 4.69) is 10.3 Å². The first-order chi connectivity index (χ1) is 16.6. The summed E-state index contributed by atoms with van der Waals surface area (Å²) in [5.74, 6) is -1.71. The minimum atomic E-state index is -4.02. The quantitative estimate of drug-likeness (QED) is 0.275. The van der Waals surface area contributed by atoms with Gasteiger partial charge in [0.1, 0.15) is 11.1 Å². The average Bonchev–Trinajstić information content (AvgIpc) is 3.31. The van der Waals surface area contributed by atoms with Crippen LogP contribution in [0.1, 0.15) is 21.5 Å². The van der Waals surface area contributed by atoms with Gasteiger partial charge >= 0.3 is 11.0 Å². The van der Waals surface area contributed by atoms with Gasteiger partial charge in [0.15, 0.2) is 11.7 Å². The molecule has 35 heavy (non-hydrogen) atoms. The Morgan fingerprint density at radius 3 is 2.69 bits per heavy atom. The predicted molar refractivity (Wildman–Crippen MR) is 127 cm³/mol. The second-order valence-electron chi connectivity index (χ2n) is 7.39. The fourth-order valence-corrected chi connectivity index (χ4v) is 5.99. The summed E-state index contributed by atoms with van der Waals surface area (Å²) in [4.78, 5) is 38.0. The number of thiazole rings is 1. The third-order valence-corrected chi connectivity index (χ3v) is 8.33. The molecule has 0 spiro atoms. The van der Waals surface area contributed by atoms with E-state index in [1.54, 1.807) is 0 Å². The van der Waals surface area contributed by atoms with Crippen LogP contribution < -0.4 is 5.32 Å². The Labute approximate surface area is 208 Å². The maximum Gasteiger partial charge on any atom is 0.345 e. The summed E-state index contributed by atoms with van der Waals surface area (Å²) >= 11 is 6.82. The van der Waals surface area contributed by atoms with Crippen LogP contribution in [0.2, 0.25) is 5.02 Å². The number of halogens is 1. The van der Waals surface area contributed by atoms with Crippen LogP contribution in [0, 0.1) is 10.1 Å². The van der Waals surface area contributed by atoms with Gasteiger partial charge in [0.25, 0.3) is 5.91 Å².